The van der Waals surface area contributed by atoms with Gasteiger partial charge < -0.3 is 5.32 Å². The van der Waals surface area contributed by atoms with Gasteiger partial charge in [-0.2, -0.15) is 0 Å². The topological polar surface area (TPSA) is 64.0 Å². The van der Waals surface area contributed by atoms with Gasteiger partial charge in [0.15, 0.2) is 5.16 Å². The molecule has 0 unspecified atom stereocenters. The summed E-state index contributed by atoms with van der Waals surface area (Å²) in [4.78, 5) is 30.2. The summed E-state index contributed by atoms with van der Waals surface area (Å²) in [5, 5.41) is 4.04. The maximum absolute atomic E-state index is 13.2. The first-order chi connectivity index (χ1) is 14.0. The van der Waals surface area contributed by atoms with Gasteiger partial charge in [0.05, 0.1) is 22.3 Å². The van der Waals surface area contributed by atoms with Crippen molar-refractivity contribution < 1.29 is 4.79 Å². The highest BCUT2D eigenvalue weighted by atomic mass is 32.2. The molecule has 0 atom stereocenters. The van der Waals surface area contributed by atoms with E-state index < -0.39 is 0 Å². The number of nitrogens with zero attached hydrogens (tertiary/aromatic N) is 2. The standard InChI is InChI=1S/C23H27N3O2S/c1-4-5-8-13-24-21(27)15-29-23-25-20-10-7-6-9-19(20)22(28)26(23)18-12-11-16(2)17(3)14-18/h6-7,9-12,14H,4-5,8,13,15H2,1-3H3,(H,24,27). The molecule has 0 aliphatic carbocycles. The first-order valence-corrected chi connectivity index (χ1v) is 11.0. The van der Waals surface area contributed by atoms with Crippen molar-refractivity contribution in [2.45, 2.75) is 45.2 Å². The van der Waals surface area contributed by atoms with E-state index in [0.717, 1.165) is 36.1 Å². The molecule has 0 fully saturated rings. The minimum atomic E-state index is -0.121. The lowest BCUT2D eigenvalue weighted by atomic mass is 10.1. The third kappa shape index (κ3) is 5.07. The van der Waals surface area contributed by atoms with E-state index in [1.807, 2.05) is 50.2 Å². The lowest BCUT2D eigenvalue weighted by Gasteiger charge is -2.14. The monoisotopic (exact) mass is 409 g/mol. The number of hydrogen-bond acceptors (Lipinski definition) is 4. The maximum atomic E-state index is 13.2. The number of hydrogen-bond donors (Lipinski definition) is 1. The molecule has 2 aromatic carbocycles. The van der Waals surface area contributed by atoms with Crippen LogP contribution in [-0.2, 0) is 4.79 Å². The van der Waals surface area contributed by atoms with E-state index in [9.17, 15) is 9.59 Å². The quantitative estimate of drug-likeness (QED) is 0.340. The van der Waals surface area contributed by atoms with Crippen molar-refractivity contribution in [2.24, 2.45) is 0 Å². The Balaban J connectivity index is 1.93. The fourth-order valence-electron chi connectivity index (χ4n) is 3.09. The van der Waals surface area contributed by atoms with Gasteiger partial charge in [0.2, 0.25) is 5.91 Å². The molecule has 152 valence electrons. The molecule has 3 rings (SSSR count). The fraction of sp³-hybridized carbons (Fsp3) is 0.348. The molecule has 0 saturated carbocycles. The molecular formula is C23H27N3O2S. The Kier molecular flexibility index (Phi) is 7.09. The van der Waals surface area contributed by atoms with Crippen LogP contribution < -0.4 is 10.9 Å². The van der Waals surface area contributed by atoms with Gasteiger partial charge in [-0.15, -0.1) is 0 Å². The van der Waals surface area contributed by atoms with Crippen LogP contribution >= 0.6 is 11.8 Å². The Hall–Kier alpha value is -2.60. The highest BCUT2D eigenvalue weighted by Gasteiger charge is 2.15. The van der Waals surface area contributed by atoms with Gasteiger partial charge in [0.1, 0.15) is 0 Å². The van der Waals surface area contributed by atoms with Gasteiger partial charge in [0, 0.05) is 6.54 Å². The van der Waals surface area contributed by atoms with Gasteiger partial charge in [-0.05, 0) is 55.7 Å². The van der Waals surface area contributed by atoms with E-state index in [4.69, 9.17) is 4.98 Å². The van der Waals surface area contributed by atoms with E-state index in [1.165, 1.54) is 11.8 Å². The molecule has 0 aliphatic rings. The van der Waals surface area contributed by atoms with Gasteiger partial charge >= 0.3 is 0 Å². The fourth-order valence-corrected chi connectivity index (χ4v) is 3.93. The van der Waals surface area contributed by atoms with Crippen molar-refractivity contribution >= 4 is 28.6 Å². The SMILES string of the molecule is CCCCCNC(=O)CSc1nc2ccccc2c(=O)n1-c1ccc(C)c(C)c1. The van der Waals surface area contributed by atoms with E-state index >= 15 is 0 Å². The van der Waals surface area contributed by atoms with E-state index in [-0.39, 0.29) is 17.2 Å². The second kappa shape index (κ2) is 9.74. The predicted molar refractivity (Wildman–Crippen MR) is 120 cm³/mol. The highest BCUT2D eigenvalue weighted by molar-refractivity contribution is 7.99. The molecule has 29 heavy (non-hydrogen) atoms. The number of nitrogens with one attached hydrogen (secondary N) is 1. The van der Waals surface area contributed by atoms with Crippen molar-refractivity contribution in [3.63, 3.8) is 0 Å². The zero-order valence-corrected chi connectivity index (χ0v) is 18.0. The third-order valence-electron chi connectivity index (χ3n) is 4.93. The number of carbonyl (C=O) groups is 1. The van der Waals surface area contributed by atoms with Crippen LogP contribution in [-0.4, -0.2) is 27.8 Å². The molecule has 0 aliphatic heterocycles. The molecule has 1 heterocycles. The van der Waals surface area contributed by atoms with Gasteiger partial charge in [-0.25, -0.2) is 4.98 Å². The molecule has 0 bridgehead atoms. The lowest BCUT2D eigenvalue weighted by molar-refractivity contribution is -0.118. The first-order valence-electron chi connectivity index (χ1n) is 10.00. The number of carbonyl (C=O) groups excluding carboxylic acids is 1. The van der Waals surface area contributed by atoms with Crippen LogP contribution in [0.1, 0.15) is 37.3 Å². The van der Waals surface area contributed by atoms with Crippen molar-refractivity contribution in [3.05, 3.63) is 63.9 Å². The van der Waals surface area contributed by atoms with Crippen LogP contribution in [0.5, 0.6) is 0 Å². The summed E-state index contributed by atoms with van der Waals surface area (Å²) in [5.74, 6) is 0.182. The van der Waals surface area contributed by atoms with Gasteiger partial charge in [-0.1, -0.05) is 49.7 Å². The smallest absolute Gasteiger partial charge is 0.266 e. The second-order valence-electron chi connectivity index (χ2n) is 7.17. The lowest BCUT2D eigenvalue weighted by Crippen LogP contribution is -2.27. The Labute approximate surface area is 175 Å². The summed E-state index contributed by atoms with van der Waals surface area (Å²) < 4.78 is 1.61. The largest absolute Gasteiger partial charge is 0.355 e. The average molecular weight is 410 g/mol. The third-order valence-corrected chi connectivity index (χ3v) is 5.87. The predicted octanol–water partition coefficient (Wildman–Crippen LogP) is 4.40. The molecule has 0 saturated heterocycles. The summed E-state index contributed by atoms with van der Waals surface area (Å²) in [7, 11) is 0. The summed E-state index contributed by atoms with van der Waals surface area (Å²) in [5.41, 5.74) is 3.55. The van der Waals surface area contributed by atoms with Crippen LogP contribution in [0.4, 0.5) is 0 Å². The average Bonchev–Trinajstić information content (AvgIpc) is 2.72. The van der Waals surface area contributed by atoms with Crippen LogP contribution in [0.2, 0.25) is 0 Å². The molecule has 5 nitrogen and oxygen atoms in total. The number of aromatic nitrogens is 2. The molecule has 0 radical (unpaired) electrons. The first kappa shape index (κ1) is 21.1. The van der Waals surface area contributed by atoms with Gasteiger partial charge in [-0.3, -0.25) is 14.2 Å². The summed E-state index contributed by atoms with van der Waals surface area (Å²) in [6.07, 6.45) is 3.20. The number of benzene rings is 2. The molecule has 6 heteroatoms. The number of unbranched alkanes of at least 4 members (excludes halogenated alkanes) is 2. The Bertz CT molecular complexity index is 1080. The Morgan fingerprint density at radius 1 is 1.10 bits per heavy atom. The number of para-hydroxylation sites is 1. The zero-order chi connectivity index (χ0) is 20.8. The molecular weight excluding hydrogens is 382 g/mol. The maximum Gasteiger partial charge on any atom is 0.266 e. The Morgan fingerprint density at radius 2 is 1.90 bits per heavy atom. The molecule has 1 N–H and O–H groups in total. The summed E-state index contributed by atoms with van der Waals surface area (Å²) in [6.45, 7) is 6.88. The number of rotatable bonds is 8. The molecule has 3 aromatic rings. The van der Waals surface area contributed by atoms with Crippen LogP contribution in [0, 0.1) is 13.8 Å². The van der Waals surface area contributed by atoms with E-state index in [0.29, 0.717) is 22.6 Å². The normalized spacial score (nSPS) is 11.0. The van der Waals surface area contributed by atoms with Gasteiger partial charge in [0.25, 0.3) is 5.56 Å². The number of thioether (sulfide) groups is 1. The zero-order valence-electron chi connectivity index (χ0n) is 17.2. The minimum Gasteiger partial charge on any atom is -0.355 e. The number of aryl methyl sites for hydroxylation is 2. The second-order valence-corrected chi connectivity index (χ2v) is 8.11. The minimum absolute atomic E-state index is 0.0415. The van der Waals surface area contributed by atoms with E-state index in [1.54, 1.807) is 10.6 Å². The van der Waals surface area contributed by atoms with Crippen LogP contribution in [0.25, 0.3) is 16.6 Å². The van der Waals surface area contributed by atoms with Crippen molar-refractivity contribution in [1.82, 2.24) is 14.9 Å². The molecule has 1 amide bonds. The van der Waals surface area contributed by atoms with Crippen molar-refractivity contribution in [2.75, 3.05) is 12.3 Å². The Morgan fingerprint density at radius 3 is 2.66 bits per heavy atom. The highest BCUT2D eigenvalue weighted by Crippen LogP contribution is 2.22. The summed E-state index contributed by atoms with van der Waals surface area (Å²) in [6, 6.07) is 13.2. The van der Waals surface area contributed by atoms with E-state index in [2.05, 4.69) is 12.2 Å². The summed E-state index contributed by atoms with van der Waals surface area (Å²) >= 11 is 1.29. The van der Waals surface area contributed by atoms with Crippen molar-refractivity contribution in [1.29, 1.82) is 0 Å². The van der Waals surface area contributed by atoms with Crippen LogP contribution in [0.15, 0.2) is 52.4 Å². The number of fused-ring (bicyclic) bond motifs is 1. The van der Waals surface area contributed by atoms with Crippen molar-refractivity contribution in [3.8, 4) is 5.69 Å². The molecule has 0 spiro atoms. The molecule has 1 aromatic heterocycles. The number of amides is 1. The van der Waals surface area contributed by atoms with Crippen LogP contribution in [0.3, 0.4) is 0 Å².